The van der Waals surface area contributed by atoms with Crippen molar-refractivity contribution in [3.8, 4) is 0 Å². The van der Waals surface area contributed by atoms with E-state index in [2.05, 4.69) is 0 Å². The van der Waals surface area contributed by atoms with Crippen molar-refractivity contribution in [2.75, 3.05) is 6.61 Å². The summed E-state index contributed by atoms with van der Waals surface area (Å²) in [6, 6.07) is 15.7. The second kappa shape index (κ2) is 7.68. The Hall–Kier alpha value is -2.37. The van der Waals surface area contributed by atoms with Gasteiger partial charge in [0.2, 0.25) is 5.91 Å². The number of amides is 2. The molecule has 2 amide bonds. The standard InChI is InChI=1S/C19H19ClN2O3/c20-15-8-6-14(7-9-15)11-17(21)18(23)22-16(12-25-19(22)24)10-13-4-2-1-3-5-13/h1-9,16-17H,10-12,21H2/t16?,17-/m0/s1. The number of ether oxygens (including phenoxy) is 1. The third-order valence-electron chi connectivity index (χ3n) is 4.20. The highest BCUT2D eigenvalue weighted by atomic mass is 35.5. The lowest BCUT2D eigenvalue weighted by atomic mass is 10.0. The van der Waals surface area contributed by atoms with E-state index >= 15 is 0 Å². The smallest absolute Gasteiger partial charge is 0.417 e. The summed E-state index contributed by atoms with van der Waals surface area (Å²) in [6.07, 6.45) is 0.251. The van der Waals surface area contributed by atoms with Gasteiger partial charge >= 0.3 is 6.09 Å². The maximum atomic E-state index is 12.7. The Labute approximate surface area is 151 Å². The van der Waals surface area contributed by atoms with Gasteiger partial charge in [-0.25, -0.2) is 9.69 Å². The SMILES string of the molecule is N[C@@H](Cc1ccc(Cl)cc1)C(=O)N1C(=O)OCC1Cc1ccccc1. The Morgan fingerprint density at radius 3 is 2.52 bits per heavy atom. The van der Waals surface area contributed by atoms with E-state index < -0.39 is 18.0 Å². The van der Waals surface area contributed by atoms with E-state index in [9.17, 15) is 9.59 Å². The first-order valence-electron chi connectivity index (χ1n) is 8.08. The quantitative estimate of drug-likeness (QED) is 0.892. The number of benzene rings is 2. The van der Waals surface area contributed by atoms with Crippen LogP contribution in [0.4, 0.5) is 4.79 Å². The maximum absolute atomic E-state index is 12.7. The molecule has 1 heterocycles. The van der Waals surface area contributed by atoms with Crippen LogP contribution >= 0.6 is 11.6 Å². The van der Waals surface area contributed by atoms with Crippen LogP contribution in [0, 0.1) is 0 Å². The molecule has 0 saturated carbocycles. The summed E-state index contributed by atoms with van der Waals surface area (Å²) in [6.45, 7) is 0.188. The zero-order valence-electron chi connectivity index (χ0n) is 13.6. The molecule has 2 atom stereocenters. The summed E-state index contributed by atoms with van der Waals surface area (Å²) in [5.74, 6) is -0.418. The van der Waals surface area contributed by atoms with Crippen LogP contribution in [0.3, 0.4) is 0 Å². The maximum Gasteiger partial charge on any atom is 0.417 e. The molecule has 1 aliphatic rings. The van der Waals surface area contributed by atoms with E-state index in [1.54, 1.807) is 12.1 Å². The monoisotopic (exact) mass is 358 g/mol. The summed E-state index contributed by atoms with van der Waals surface area (Å²) >= 11 is 5.86. The predicted molar refractivity (Wildman–Crippen MR) is 95.3 cm³/mol. The molecule has 0 aliphatic carbocycles. The molecule has 5 nitrogen and oxygen atoms in total. The summed E-state index contributed by atoms with van der Waals surface area (Å²) < 4.78 is 5.08. The lowest BCUT2D eigenvalue weighted by Gasteiger charge is -2.23. The number of hydrogen-bond donors (Lipinski definition) is 1. The number of halogens is 1. The fourth-order valence-electron chi connectivity index (χ4n) is 2.91. The van der Waals surface area contributed by atoms with E-state index in [1.807, 2.05) is 42.5 Å². The molecule has 0 radical (unpaired) electrons. The number of carbonyl (C=O) groups excluding carboxylic acids is 2. The topological polar surface area (TPSA) is 72.6 Å². The van der Waals surface area contributed by atoms with Crippen molar-refractivity contribution < 1.29 is 14.3 Å². The molecule has 25 heavy (non-hydrogen) atoms. The Kier molecular flexibility index (Phi) is 5.36. The van der Waals surface area contributed by atoms with E-state index in [1.165, 1.54) is 0 Å². The first kappa shape index (κ1) is 17.5. The molecule has 2 aromatic carbocycles. The molecule has 6 heteroatoms. The van der Waals surface area contributed by atoms with Crippen molar-refractivity contribution in [3.63, 3.8) is 0 Å². The van der Waals surface area contributed by atoms with Gasteiger partial charge in [0, 0.05) is 5.02 Å². The minimum absolute atomic E-state index is 0.188. The van der Waals surface area contributed by atoms with Crippen molar-refractivity contribution in [1.82, 2.24) is 4.90 Å². The molecule has 130 valence electrons. The van der Waals surface area contributed by atoms with Crippen LogP contribution in [0.1, 0.15) is 11.1 Å². The van der Waals surface area contributed by atoms with Crippen LogP contribution in [-0.2, 0) is 22.4 Å². The van der Waals surface area contributed by atoms with Crippen molar-refractivity contribution in [2.45, 2.75) is 24.9 Å². The van der Waals surface area contributed by atoms with E-state index in [-0.39, 0.29) is 12.6 Å². The van der Waals surface area contributed by atoms with Gasteiger partial charge in [-0.15, -0.1) is 0 Å². The van der Waals surface area contributed by atoms with Crippen LogP contribution in [0.2, 0.25) is 5.02 Å². The number of imide groups is 1. The molecule has 0 aromatic heterocycles. The first-order chi connectivity index (χ1) is 12.0. The zero-order valence-corrected chi connectivity index (χ0v) is 14.4. The van der Waals surface area contributed by atoms with Gasteiger partial charge in [-0.05, 0) is 36.1 Å². The molecule has 3 rings (SSSR count). The molecule has 1 saturated heterocycles. The van der Waals surface area contributed by atoms with Crippen LogP contribution in [0.5, 0.6) is 0 Å². The van der Waals surface area contributed by atoms with Gasteiger partial charge in [0.15, 0.2) is 0 Å². The van der Waals surface area contributed by atoms with Gasteiger partial charge in [0.05, 0.1) is 12.1 Å². The number of hydrogen-bond acceptors (Lipinski definition) is 4. The van der Waals surface area contributed by atoms with Crippen LogP contribution in [-0.4, -0.2) is 35.6 Å². The predicted octanol–water partition coefficient (Wildman–Crippen LogP) is 2.80. The van der Waals surface area contributed by atoms with Crippen molar-refractivity contribution in [3.05, 3.63) is 70.7 Å². The van der Waals surface area contributed by atoms with Crippen LogP contribution < -0.4 is 5.73 Å². The Morgan fingerprint density at radius 1 is 1.16 bits per heavy atom. The molecule has 1 fully saturated rings. The van der Waals surface area contributed by atoms with Gasteiger partial charge in [0.25, 0.3) is 0 Å². The molecule has 2 N–H and O–H groups in total. The fraction of sp³-hybridized carbons (Fsp3) is 0.263. The lowest BCUT2D eigenvalue weighted by Crippen LogP contribution is -2.49. The highest BCUT2D eigenvalue weighted by Gasteiger charge is 2.39. The number of rotatable bonds is 5. The zero-order chi connectivity index (χ0) is 17.8. The summed E-state index contributed by atoms with van der Waals surface area (Å²) in [5, 5.41) is 0.620. The lowest BCUT2D eigenvalue weighted by molar-refractivity contribution is -0.130. The van der Waals surface area contributed by atoms with Gasteiger partial charge < -0.3 is 10.5 Å². The summed E-state index contributed by atoms with van der Waals surface area (Å²) in [7, 11) is 0. The largest absolute Gasteiger partial charge is 0.447 e. The van der Waals surface area contributed by atoms with E-state index in [0.717, 1.165) is 16.0 Å². The molecule has 2 aromatic rings. The van der Waals surface area contributed by atoms with Crippen LogP contribution in [0.25, 0.3) is 0 Å². The number of nitrogens with two attached hydrogens (primary N) is 1. The second-order valence-corrected chi connectivity index (χ2v) is 6.50. The van der Waals surface area contributed by atoms with E-state index in [0.29, 0.717) is 17.9 Å². The average molecular weight is 359 g/mol. The van der Waals surface area contributed by atoms with Crippen molar-refractivity contribution in [2.24, 2.45) is 5.73 Å². The van der Waals surface area contributed by atoms with Crippen molar-refractivity contribution in [1.29, 1.82) is 0 Å². The number of nitrogens with zero attached hydrogens (tertiary/aromatic N) is 1. The molecular formula is C19H19ClN2O3. The van der Waals surface area contributed by atoms with Crippen molar-refractivity contribution >= 4 is 23.6 Å². The minimum Gasteiger partial charge on any atom is -0.447 e. The third kappa shape index (κ3) is 4.18. The second-order valence-electron chi connectivity index (χ2n) is 6.07. The van der Waals surface area contributed by atoms with Crippen LogP contribution in [0.15, 0.2) is 54.6 Å². The number of cyclic esters (lactones) is 1. The highest BCUT2D eigenvalue weighted by Crippen LogP contribution is 2.19. The molecule has 1 aliphatic heterocycles. The average Bonchev–Trinajstić information content (AvgIpc) is 2.97. The molecule has 0 spiro atoms. The molecular weight excluding hydrogens is 340 g/mol. The summed E-state index contributed by atoms with van der Waals surface area (Å²) in [5.41, 5.74) is 7.98. The Morgan fingerprint density at radius 2 is 1.84 bits per heavy atom. The third-order valence-corrected chi connectivity index (χ3v) is 4.45. The van der Waals surface area contributed by atoms with Gasteiger partial charge in [-0.2, -0.15) is 0 Å². The molecule has 1 unspecified atom stereocenters. The van der Waals surface area contributed by atoms with Gasteiger partial charge in [-0.3, -0.25) is 4.79 Å². The summed E-state index contributed by atoms with van der Waals surface area (Å²) in [4.78, 5) is 25.9. The molecule has 0 bridgehead atoms. The Bertz CT molecular complexity index is 749. The fourth-order valence-corrected chi connectivity index (χ4v) is 3.03. The number of carbonyl (C=O) groups is 2. The van der Waals surface area contributed by atoms with Gasteiger partial charge in [-0.1, -0.05) is 54.1 Å². The normalized spacial score (nSPS) is 18.1. The minimum atomic E-state index is -0.815. The first-order valence-corrected chi connectivity index (χ1v) is 8.46. The van der Waals surface area contributed by atoms with E-state index in [4.69, 9.17) is 22.1 Å². The Balaban J connectivity index is 1.69. The van der Waals surface area contributed by atoms with Gasteiger partial charge in [0.1, 0.15) is 6.61 Å². The highest BCUT2D eigenvalue weighted by molar-refractivity contribution is 6.30.